The summed E-state index contributed by atoms with van der Waals surface area (Å²) >= 11 is 0. The van der Waals surface area contributed by atoms with E-state index in [1.54, 1.807) is 24.3 Å². The van der Waals surface area contributed by atoms with Crippen molar-refractivity contribution in [1.82, 2.24) is 0 Å². The number of carbonyl (C=O) groups is 1. The van der Waals surface area contributed by atoms with Gasteiger partial charge in [0.05, 0.1) is 5.56 Å². The lowest BCUT2D eigenvalue weighted by molar-refractivity contribution is -0.274. The van der Waals surface area contributed by atoms with Crippen molar-refractivity contribution in [2.45, 2.75) is 110 Å². The van der Waals surface area contributed by atoms with E-state index in [2.05, 4.69) is 25.2 Å². The topological polar surface area (TPSA) is 65.7 Å². The van der Waals surface area contributed by atoms with Crippen molar-refractivity contribution in [3.05, 3.63) is 76.7 Å². The van der Waals surface area contributed by atoms with Gasteiger partial charge in [-0.25, -0.2) is 9.59 Å². The van der Waals surface area contributed by atoms with Crippen LogP contribution >= 0.6 is 0 Å². The highest BCUT2D eigenvalue weighted by Crippen LogP contribution is 2.36. The number of hydrogen-bond donors (Lipinski definition) is 0. The van der Waals surface area contributed by atoms with Gasteiger partial charge in [-0.15, -0.1) is 13.2 Å². The number of carbonyl (C=O) groups excluding carboxylic acids is 1. The van der Waals surface area contributed by atoms with E-state index in [9.17, 15) is 22.8 Å². The molecule has 5 nitrogen and oxygen atoms in total. The predicted molar refractivity (Wildman–Crippen MR) is 164 cm³/mol. The molecule has 1 atom stereocenters. The molecule has 1 aromatic heterocycles. The van der Waals surface area contributed by atoms with Gasteiger partial charge in [-0.1, -0.05) is 102 Å². The van der Waals surface area contributed by atoms with Gasteiger partial charge in [-0.05, 0) is 55.0 Å². The first-order valence-corrected chi connectivity index (χ1v) is 15.4. The summed E-state index contributed by atoms with van der Waals surface area (Å²) in [5.41, 5.74) is 0.785. The Bertz CT molecular complexity index is 1390. The maximum Gasteiger partial charge on any atom is 0.573 e. The molecule has 8 heteroatoms. The molecule has 0 spiro atoms. The molecule has 3 rings (SSSR count). The van der Waals surface area contributed by atoms with Gasteiger partial charge in [0.1, 0.15) is 17.4 Å². The Kier molecular flexibility index (Phi) is 13.4. The summed E-state index contributed by atoms with van der Waals surface area (Å²) in [6.45, 7) is 7.73. The fraction of sp³-hybridized carbons (Fsp3) is 0.486. The molecule has 0 saturated carbocycles. The first kappa shape index (κ1) is 33.9. The number of benzene rings is 2. The number of rotatable bonds is 18. The lowest BCUT2D eigenvalue weighted by Gasteiger charge is -2.18. The molecule has 0 aliphatic carbocycles. The van der Waals surface area contributed by atoms with Crippen LogP contribution in [0.1, 0.15) is 108 Å². The van der Waals surface area contributed by atoms with Crippen molar-refractivity contribution >= 4 is 16.9 Å². The van der Waals surface area contributed by atoms with Crippen LogP contribution in [-0.4, -0.2) is 12.3 Å². The first-order valence-electron chi connectivity index (χ1n) is 15.4. The molecule has 1 heterocycles. The first-order chi connectivity index (χ1) is 20.6. The number of halogens is 3. The third-order valence-corrected chi connectivity index (χ3v) is 7.51. The average Bonchev–Trinajstić information content (AvgIpc) is 2.97. The molecule has 43 heavy (non-hydrogen) atoms. The summed E-state index contributed by atoms with van der Waals surface area (Å²) in [6.07, 6.45) is 8.74. The highest BCUT2D eigenvalue weighted by Gasteiger charge is 2.33. The van der Waals surface area contributed by atoms with Crippen LogP contribution < -0.4 is 10.4 Å². The predicted octanol–water partition coefficient (Wildman–Crippen LogP) is 10.4. The van der Waals surface area contributed by atoms with Gasteiger partial charge in [0.25, 0.3) is 0 Å². The van der Waals surface area contributed by atoms with Crippen LogP contribution in [0.5, 0.6) is 5.75 Å². The van der Waals surface area contributed by atoms with Crippen LogP contribution in [0.25, 0.3) is 22.1 Å². The molecule has 0 aliphatic heterocycles. The summed E-state index contributed by atoms with van der Waals surface area (Å²) < 4.78 is 55.4. The lowest BCUT2D eigenvalue weighted by atomic mass is 9.98. The quantitative estimate of drug-likeness (QED) is 0.0629. The number of ether oxygens (including phenoxy) is 2. The molecule has 1 unspecified atom stereocenters. The van der Waals surface area contributed by atoms with E-state index in [-0.39, 0.29) is 16.7 Å². The number of fused-ring (bicyclic) bond motifs is 1. The van der Waals surface area contributed by atoms with Gasteiger partial charge in [0, 0.05) is 17.0 Å². The minimum absolute atomic E-state index is 0.00350. The highest BCUT2D eigenvalue weighted by atomic mass is 19.4. The molecule has 0 radical (unpaired) electrons. The lowest BCUT2D eigenvalue weighted by Crippen LogP contribution is -2.18. The zero-order chi connectivity index (χ0) is 31.2. The van der Waals surface area contributed by atoms with E-state index in [1.165, 1.54) is 50.3 Å². The fourth-order valence-electron chi connectivity index (χ4n) is 5.19. The van der Waals surface area contributed by atoms with Gasteiger partial charge < -0.3 is 13.9 Å². The third kappa shape index (κ3) is 10.9. The van der Waals surface area contributed by atoms with Gasteiger partial charge in [0.2, 0.25) is 0 Å². The van der Waals surface area contributed by atoms with Gasteiger partial charge in [0.15, 0.2) is 0 Å². The molecule has 3 aromatic rings. The molecule has 0 amide bonds. The van der Waals surface area contributed by atoms with Crippen molar-refractivity contribution in [2.24, 2.45) is 0 Å². The second kappa shape index (κ2) is 16.9. The Balaban J connectivity index is 1.85. The van der Waals surface area contributed by atoms with Gasteiger partial charge in [-0.3, -0.25) is 0 Å². The molecule has 0 bridgehead atoms. The average molecular weight is 601 g/mol. The largest absolute Gasteiger partial charge is 0.573 e. The summed E-state index contributed by atoms with van der Waals surface area (Å²) in [4.78, 5) is 25.2. The standard InChI is InChI=1S/C35H43F3O5/c1-4-7-9-10-11-12-13-15-17-30(41-33(39)6-3)27-20-19-26-23-29(34(40)42-31(26)24-27)28-21-18-25(16-14-8-5-2)22-32(28)43-35(36,37)38/h6,18-24,30H,3-5,7-17H2,1-2H3. The smallest absolute Gasteiger partial charge is 0.454 e. The van der Waals surface area contributed by atoms with Crippen LogP contribution in [0.2, 0.25) is 0 Å². The number of aryl methyl sites for hydroxylation is 1. The zero-order valence-electron chi connectivity index (χ0n) is 25.3. The number of hydrogen-bond acceptors (Lipinski definition) is 5. The SMILES string of the molecule is C=CC(=O)OC(CCCCCCCCCC)c1ccc2cc(-c3ccc(CCCCC)cc3OC(F)(F)F)c(=O)oc2c1. The van der Waals surface area contributed by atoms with Crippen molar-refractivity contribution in [3.63, 3.8) is 0 Å². The summed E-state index contributed by atoms with van der Waals surface area (Å²) in [5, 5.41) is 0.518. The van der Waals surface area contributed by atoms with E-state index < -0.39 is 29.8 Å². The van der Waals surface area contributed by atoms with E-state index in [4.69, 9.17) is 9.15 Å². The van der Waals surface area contributed by atoms with Crippen molar-refractivity contribution in [2.75, 3.05) is 0 Å². The molecule has 0 aliphatic rings. The Labute approximate surface area is 252 Å². The Morgan fingerprint density at radius 3 is 2.23 bits per heavy atom. The molecule has 2 aromatic carbocycles. The molecule has 0 saturated heterocycles. The Morgan fingerprint density at radius 1 is 0.884 bits per heavy atom. The number of alkyl halides is 3. The van der Waals surface area contributed by atoms with E-state index in [0.717, 1.165) is 44.6 Å². The number of esters is 1. The van der Waals surface area contributed by atoms with Crippen molar-refractivity contribution in [1.29, 1.82) is 0 Å². The molecular weight excluding hydrogens is 557 g/mol. The third-order valence-electron chi connectivity index (χ3n) is 7.51. The molecule has 0 N–H and O–H groups in total. The molecule has 234 valence electrons. The van der Waals surface area contributed by atoms with Crippen LogP contribution in [0.4, 0.5) is 13.2 Å². The minimum atomic E-state index is -4.92. The number of unbranched alkanes of at least 4 members (excludes halogenated alkanes) is 9. The maximum atomic E-state index is 13.3. The van der Waals surface area contributed by atoms with E-state index in [1.807, 2.05) is 0 Å². The van der Waals surface area contributed by atoms with Gasteiger partial charge >= 0.3 is 18.0 Å². The second-order valence-electron chi connectivity index (χ2n) is 11.0. The normalized spacial score (nSPS) is 12.3. The second-order valence-corrected chi connectivity index (χ2v) is 11.0. The summed E-state index contributed by atoms with van der Waals surface area (Å²) in [7, 11) is 0. The maximum absolute atomic E-state index is 13.3. The highest BCUT2D eigenvalue weighted by molar-refractivity contribution is 5.84. The Morgan fingerprint density at radius 2 is 1.56 bits per heavy atom. The zero-order valence-corrected chi connectivity index (χ0v) is 25.3. The summed E-state index contributed by atoms with van der Waals surface area (Å²) in [5.74, 6) is -0.983. The van der Waals surface area contributed by atoms with Crippen LogP contribution in [-0.2, 0) is 16.0 Å². The van der Waals surface area contributed by atoms with E-state index >= 15 is 0 Å². The Hall–Kier alpha value is -3.55. The summed E-state index contributed by atoms with van der Waals surface area (Å²) in [6, 6.07) is 11.2. The fourth-order valence-corrected chi connectivity index (χ4v) is 5.19. The van der Waals surface area contributed by atoms with Crippen molar-refractivity contribution < 1.29 is 31.9 Å². The van der Waals surface area contributed by atoms with E-state index in [0.29, 0.717) is 29.4 Å². The van der Waals surface area contributed by atoms with Crippen LogP contribution in [0.3, 0.4) is 0 Å². The minimum Gasteiger partial charge on any atom is -0.454 e. The van der Waals surface area contributed by atoms with Crippen LogP contribution in [0.15, 0.2) is 64.3 Å². The molecular formula is C35H43F3O5. The monoisotopic (exact) mass is 600 g/mol. The van der Waals surface area contributed by atoms with Crippen molar-refractivity contribution in [3.8, 4) is 16.9 Å². The van der Waals surface area contributed by atoms with Gasteiger partial charge in [-0.2, -0.15) is 0 Å². The van der Waals surface area contributed by atoms with Crippen LogP contribution in [0, 0.1) is 0 Å². The molecule has 0 fully saturated rings.